The molecule has 11 heteroatoms. The molecule has 5 aromatic rings. The standard InChI is InChI=1S/C31H27N5O5S/c1-19(31(38)39)36(42(40,41)27-9-3-5-21-7-4-16-34-28(21)27)24-14-15-25-23(17-24)6-2-8-26(25)30(37)35-18-20-10-12-22(13-11-20)29(32)33/h2-17,19H,18H2,1H3,(H3,32,33)(H,35,37)(H,38,39). The van der Waals surface area contributed by atoms with Gasteiger partial charge in [0.1, 0.15) is 16.8 Å². The van der Waals surface area contributed by atoms with Gasteiger partial charge in [-0.05, 0) is 53.6 Å². The zero-order chi connectivity index (χ0) is 30.0. The number of fused-ring (bicyclic) bond motifs is 2. The molecule has 1 atom stereocenters. The Hall–Kier alpha value is -5.29. The maximum absolute atomic E-state index is 14.0. The number of sulfonamides is 1. The summed E-state index contributed by atoms with van der Waals surface area (Å²) in [5, 5.41) is 22.0. The van der Waals surface area contributed by atoms with Crippen molar-refractivity contribution in [3.05, 3.63) is 114 Å². The Morgan fingerprint density at radius 1 is 0.976 bits per heavy atom. The van der Waals surface area contributed by atoms with Crippen molar-refractivity contribution in [3.8, 4) is 0 Å². The summed E-state index contributed by atoms with van der Waals surface area (Å²) >= 11 is 0. The van der Waals surface area contributed by atoms with E-state index < -0.39 is 22.0 Å². The smallest absolute Gasteiger partial charge is 0.327 e. The summed E-state index contributed by atoms with van der Waals surface area (Å²) in [4.78, 5) is 29.4. The number of nitrogen functional groups attached to an aromatic ring is 1. The SMILES string of the molecule is CC(C(=O)O)N(c1ccc2c(C(=O)NCc3ccc(C(=N)N)cc3)cccc2c1)S(=O)(=O)c1cccc2cccnc12. The first-order valence-corrected chi connectivity index (χ1v) is 14.4. The summed E-state index contributed by atoms with van der Waals surface area (Å²) in [7, 11) is -4.38. The summed E-state index contributed by atoms with van der Waals surface area (Å²) in [5.74, 6) is -1.70. The van der Waals surface area contributed by atoms with E-state index in [0.717, 1.165) is 9.87 Å². The van der Waals surface area contributed by atoms with Crippen LogP contribution in [-0.2, 0) is 21.4 Å². The number of hydrogen-bond donors (Lipinski definition) is 4. The molecule has 4 aromatic carbocycles. The number of para-hydroxylation sites is 1. The quantitative estimate of drug-likeness (QED) is 0.149. The number of amides is 1. The van der Waals surface area contributed by atoms with Gasteiger partial charge in [-0.2, -0.15) is 0 Å². The van der Waals surface area contributed by atoms with E-state index in [2.05, 4.69) is 10.3 Å². The fourth-order valence-corrected chi connectivity index (χ4v) is 6.52. The van der Waals surface area contributed by atoms with Crippen LogP contribution in [0.2, 0.25) is 0 Å². The highest BCUT2D eigenvalue weighted by molar-refractivity contribution is 7.93. The van der Waals surface area contributed by atoms with E-state index in [1.165, 1.54) is 25.3 Å². The fraction of sp³-hybridized carbons (Fsp3) is 0.0968. The number of aliphatic carboxylic acids is 1. The van der Waals surface area contributed by atoms with Crippen LogP contribution in [-0.4, -0.2) is 42.3 Å². The second-order valence-corrected chi connectivity index (χ2v) is 11.4. The number of rotatable bonds is 9. The molecule has 0 saturated carbocycles. The molecule has 0 bridgehead atoms. The summed E-state index contributed by atoms with van der Waals surface area (Å²) in [5.41, 5.74) is 7.64. The van der Waals surface area contributed by atoms with Crippen LogP contribution in [0.4, 0.5) is 5.69 Å². The monoisotopic (exact) mass is 581 g/mol. The van der Waals surface area contributed by atoms with Crippen LogP contribution < -0.4 is 15.4 Å². The third-order valence-corrected chi connectivity index (χ3v) is 8.85. The van der Waals surface area contributed by atoms with Gasteiger partial charge in [0.25, 0.3) is 15.9 Å². The number of hydrogen-bond acceptors (Lipinski definition) is 6. The molecule has 5 N–H and O–H groups in total. The first-order chi connectivity index (χ1) is 20.1. The predicted molar refractivity (Wildman–Crippen MR) is 161 cm³/mol. The van der Waals surface area contributed by atoms with Gasteiger partial charge in [0, 0.05) is 29.3 Å². The molecule has 42 heavy (non-hydrogen) atoms. The molecule has 0 fully saturated rings. The number of carbonyl (C=O) groups excluding carboxylic acids is 1. The van der Waals surface area contributed by atoms with E-state index in [1.54, 1.807) is 78.9 Å². The van der Waals surface area contributed by atoms with Gasteiger partial charge in [-0.25, -0.2) is 13.2 Å². The Balaban J connectivity index is 1.50. The first kappa shape index (κ1) is 28.2. The number of nitrogens with two attached hydrogens (primary N) is 1. The lowest BCUT2D eigenvalue weighted by Gasteiger charge is -2.28. The predicted octanol–water partition coefficient (Wildman–Crippen LogP) is 4.27. The largest absolute Gasteiger partial charge is 0.480 e. The van der Waals surface area contributed by atoms with Crippen molar-refractivity contribution in [2.45, 2.75) is 24.4 Å². The van der Waals surface area contributed by atoms with Gasteiger partial charge < -0.3 is 16.2 Å². The Kier molecular flexibility index (Phi) is 7.60. The van der Waals surface area contributed by atoms with Crippen LogP contribution in [0.25, 0.3) is 21.7 Å². The number of carboxylic acid groups (broad SMARTS) is 1. The number of nitrogens with one attached hydrogen (secondary N) is 2. The molecule has 1 aromatic heterocycles. The number of carbonyl (C=O) groups is 2. The maximum atomic E-state index is 14.0. The van der Waals surface area contributed by atoms with Gasteiger partial charge in [-0.15, -0.1) is 0 Å². The first-order valence-electron chi connectivity index (χ1n) is 12.9. The van der Waals surface area contributed by atoms with E-state index in [1.807, 2.05) is 0 Å². The molecule has 5 rings (SSSR count). The third kappa shape index (κ3) is 5.37. The molecule has 1 amide bonds. The maximum Gasteiger partial charge on any atom is 0.327 e. The van der Waals surface area contributed by atoms with Gasteiger partial charge in [-0.3, -0.25) is 19.5 Å². The normalized spacial score (nSPS) is 12.1. The van der Waals surface area contributed by atoms with Crippen molar-refractivity contribution < 1.29 is 23.1 Å². The number of pyridine rings is 1. The van der Waals surface area contributed by atoms with E-state index in [0.29, 0.717) is 27.3 Å². The number of carboxylic acids is 1. The summed E-state index contributed by atoms with van der Waals surface area (Å²) in [6, 6.07) is 23.4. The number of nitrogens with zero attached hydrogens (tertiary/aromatic N) is 2. The van der Waals surface area contributed by atoms with Gasteiger partial charge in [0.15, 0.2) is 0 Å². The molecular formula is C31H27N5O5S. The highest BCUT2D eigenvalue weighted by Crippen LogP contribution is 2.32. The second-order valence-electron chi connectivity index (χ2n) is 9.65. The number of aromatic nitrogens is 1. The molecule has 212 valence electrons. The van der Waals surface area contributed by atoms with Crippen molar-refractivity contribution >= 4 is 55.1 Å². The lowest BCUT2D eigenvalue weighted by atomic mass is 10.0. The van der Waals surface area contributed by atoms with Crippen molar-refractivity contribution in [2.75, 3.05) is 4.31 Å². The average molecular weight is 582 g/mol. The van der Waals surface area contributed by atoms with Crippen LogP contribution in [0.1, 0.15) is 28.4 Å². The second kappa shape index (κ2) is 11.3. The topological polar surface area (TPSA) is 167 Å². The van der Waals surface area contributed by atoms with Crippen molar-refractivity contribution in [1.29, 1.82) is 5.41 Å². The molecule has 1 unspecified atom stereocenters. The van der Waals surface area contributed by atoms with Crippen molar-refractivity contribution in [3.63, 3.8) is 0 Å². The van der Waals surface area contributed by atoms with Crippen molar-refractivity contribution in [2.24, 2.45) is 5.73 Å². The fourth-order valence-electron chi connectivity index (χ4n) is 4.75. The molecule has 0 aliphatic carbocycles. The minimum Gasteiger partial charge on any atom is -0.480 e. The molecule has 0 radical (unpaired) electrons. The molecule has 0 spiro atoms. The zero-order valence-electron chi connectivity index (χ0n) is 22.5. The molecule has 10 nitrogen and oxygen atoms in total. The minimum absolute atomic E-state index is 0.0430. The Morgan fingerprint density at radius 2 is 1.67 bits per heavy atom. The Labute approximate surface area is 242 Å². The van der Waals surface area contributed by atoms with Gasteiger partial charge in [-0.1, -0.05) is 60.7 Å². The summed E-state index contributed by atoms with van der Waals surface area (Å²) in [6.45, 7) is 1.54. The van der Waals surface area contributed by atoms with E-state index in [-0.39, 0.29) is 34.4 Å². The molecule has 0 aliphatic rings. The number of anilines is 1. The van der Waals surface area contributed by atoms with Crippen molar-refractivity contribution in [1.82, 2.24) is 10.3 Å². The van der Waals surface area contributed by atoms with Gasteiger partial charge >= 0.3 is 5.97 Å². The zero-order valence-corrected chi connectivity index (χ0v) is 23.3. The minimum atomic E-state index is -4.38. The van der Waals surface area contributed by atoms with Gasteiger partial charge in [0.05, 0.1) is 11.2 Å². The highest BCUT2D eigenvalue weighted by atomic mass is 32.2. The highest BCUT2D eigenvalue weighted by Gasteiger charge is 2.35. The Morgan fingerprint density at radius 3 is 2.38 bits per heavy atom. The van der Waals surface area contributed by atoms with E-state index in [9.17, 15) is 23.1 Å². The molecule has 1 heterocycles. The molecule has 0 aliphatic heterocycles. The van der Waals surface area contributed by atoms with Crippen LogP contribution in [0.5, 0.6) is 0 Å². The van der Waals surface area contributed by atoms with Crippen LogP contribution in [0.3, 0.4) is 0 Å². The van der Waals surface area contributed by atoms with Crippen LogP contribution in [0, 0.1) is 5.41 Å². The third-order valence-electron chi connectivity index (χ3n) is 6.92. The number of benzene rings is 4. The van der Waals surface area contributed by atoms with Crippen LogP contribution >= 0.6 is 0 Å². The molecule has 0 saturated heterocycles. The lowest BCUT2D eigenvalue weighted by molar-refractivity contribution is -0.137. The van der Waals surface area contributed by atoms with E-state index in [4.69, 9.17) is 11.1 Å². The average Bonchev–Trinajstić information content (AvgIpc) is 2.99. The lowest BCUT2D eigenvalue weighted by Crippen LogP contribution is -2.43. The summed E-state index contributed by atoms with van der Waals surface area (Å²) < 4.78 is 28.9. The Bertz CT molecular complexity index is 1950. The van der Waals surface area contributed by atoms with E-state index >= 15 is 0 Å². The number of amidine groups is 1. The molecular weight excluding hydrogens is 554 g/mol. The van der Waals surface area contributed by atoms with Crippen LogP contribution in [0.15, 0.2) is 102 Å². The summed E-state index contributed by atoms with van der Waals surface area (Å²) in [6.07, 6.45) is 1.48. The van der Waals surface area contributed by atoms with Gasteiger partial charge in [0.2, 0.25) is 0 Å².